The van der Waals surface area contributed by atoms with Crippen molar-refractivity contribution in [3.8, 4) is 0 Å². The fraction of sp³-hybridized carbons (Fsp3) is 0.800. The van der Waals surface area contributed by atoms with Gasteiger partial charge in [0.25, 0.3) is 0 Å². The number of rotatable bonds is 56. The van der Waals surface area contributed by atoms with Gasteiger partial charge in [-0.05, 0) is 89.9 Å². The van der Waals surface area contributed by atoms with E-state index in [2.05, 4.69) is 81.5 Å². The molecule has 0 aromatic heterocycles. The SMILES string of the molecule is CCCCC/C=C\C/C=C\C/C=C\C/C=C\CCCCCC(=O)OC[C@H](COC(=O)CCCCCCC/C=C\CCCCCCCC)OC(=O)CCCCCCCCCCCCCCCCCCCCC. The monoisotopic (exact) mass is 993 g/mol. The molecule has 0 fully saturated rings. The molecule has 0 heterocycles. The Bertz CT molecular complexity index is 1280. The molecule has 0 saturated heterocycles. The summed E-state index contributed by atoms with van der Waals surface area (Å²) in [4.78, 5) is 38.2. The zero-order valence-electron chi connectivity index (χ0n) is 47.2. The number of carbonyl (C=O) groups is 3. The van der Waals surface area contributed by atoms with Gasteiger partial charge in [0.05, 0.1) is 0 Å². The van der Waals surface area contributed by atoms with E-state index in [0.29, 0.717) is 19.3 Å². The molecule has 0 aliphatic rings. The van der Waals surface area contributed by atoms with Crippen molar-refractivity contribution in [2.45, 2.75) is 322 Å². The van der Waals surface area contributed by atoms with Crippen LogP contribution in [0, 0.1) is 0 Å². The van der Waals surface area contributed by atoms with Crippen LogP contribution in [-0.2, 0) is 28.6 Å². The molecule has 71 heavy (non-hydrogen) atoms. The van der Waals surface area contributed by atoms with Gasteiger partial charge in [-0.25, -0.2) is 0 Å². The second-order valence-electron chi connectivity index (χ2n) is 20.6. The van der Waals surface area contributed by atoms with E-state index < -0.39 is 6.10 Å². The van der Waals surface area contributed by atoms with E-state index in [4.69, 9.17) is 14.2 Å². The molecular weight excluding hydrogens is 877 g/mol. The van der Waals surface area contributed by atoms with Gasteiger partial charge in [-0.3, -0.25) is 14.4 Å². The lowest BCUT2D eigenvalue weighted by Gasteiger charge is -2.18. The molecule has 0 aromatic carbocycles. The van der Waals surface area contributed by atoms with Gasteiger partial charge in [0.2, 0.25) is 0 Å². The summed E-state index contributed by atoms with van der Waals surface area (Å²) < 4.78 is 16.9. The Balaban J connectivity index is 4.41. The third kappa shape index (κ3) is 57.9. The fourth-order valence-electron chi connectivity index (χ4n) is 8.83. The molecule has 1 atom stereocenters. The highest BCUT2D eigenvalue weighted by atomic mass is 16.6. The van der Waals surface area contributed by atoms with Gasteiger partial charge >= 0.3 is 17.9 Å². The Morgan fingerprint density at radius 3 is 0.845 bits per heavy atom. The highest BCUT2D eigenvalue weighted by molar-refractivity contribution is 5.71. The fourth-order valence-corrected chi connectivity index (χ4v) is 8.83. The first kappa shape index (κ1) is 68.1. The molecule has 0 rings (SSSR count). The molecule has 0 spiro atoms. The smallest absolute Gasteiger partial charge is 0.306 e. The van der Waals surface area contributed by atoms with Crippen molar-refractivity contribution in [2.75, 3.05) is 13.2 Å². The van der Waals surface area contributed by atoms with Crippen LogP contribution in [0.2, 0.25) is 0 Å². The lowest BCUT2D eigenvalue weighted by Crippen LogP contribution is -2.30. The summed E-state index contributed by atoms with van der Waals surface area (Å²) >= 11 is 0. The summed E-state index contributed by atoms with van der Waals surface area (Å²) in [6, 6.07) is 0. The highest BCUT2D eigenvalue weighted by Gasteiger charge is 2.19. The largest absolute Gasteiger partial charge is 0.462 e. The number of esters is 3. The molecule has 0 saturated carbocycles. The lowest BCUT2D eigenvalue weighted by molar-refractivity contribution is -0.167. The Morgan fingerprint density at radius 2 is 0.507 bits per heavy atom. The van der Waals surface area contributed by atoms with Crippen LogP contribution >= 0.6 is 0 Å². The zero-order chi connectivity index (χ0) is 51.4. The molecule has 6 nitrogen and oxygen atoms in total. The highest BCUT2D eigenvalue weighted by Crippen LogP contribution is 2.16. The summed E-state index contributed by atoms with van der Waals surface area (Å²) in [5, 5.41) is 0. The third-order valence-electron chi connectivity index (χ3n) is 13.5. The predicted molar refractivity (Wildman–Crippen MR) is 307 cm³/mol. The Kier molecular flexibility index (Phi) is 57.2. The van der Waals surface area contributed by atoms with Gasteiger partial charge in [0.1, 0.15) is 13.2 Å². The molecule has 0 radical (unpaired) electrons. The first-order chi connectivity index (χ1) is 35.0. The van der Waals surface area contributed by atoms with Crippen molar-refractivity contribution >= 4 is 17.9 Å². The van der Waals surface area contributed by atoms with Crippen molar-refractivity contribution in [2.24, 2.45) is 0 Å². The molecular formula is C65H116O6. The van der Waals surface area contributed by atoms with Gasteiger partial charge in [-0.15, -0.1) is 0 Å². The van der Waals surface area contributed by atoms with Crippen molar-refractivity contribution in [3.63, 3.8) is 0 Å². The van der Waals surface area contributed by atoms with Crippen LogP contribution in [0.15, 0.2) is 60.8 Å². The van der Waals surface area contributed by atoms with Crippen LogP contribution in [0.3, 0.4) is 0 Å². The van der Waals surface area contributed by atoms with E-state index in [1.54, 1.807) is 0 Å². The van der Waals surface area contributed by atoms with E-state index in [0.717, 1.165) is 89.9 Å². The average Bonchev–Trinajstić information content (AvgIpc) is 3.37. The Hall–Kier alpha value is -2.89. The molecule has 412 valence electrons. The summed E-state index contributed by atoms with van der Waals surface area (Å²) in [7, 11) is 0. The number of ether oxygens (including phenoxy) is 3. The number of unbranched alkanes of at least 4 members (excludes halogenated alkanes) is 35. The molecule has 6 heteroatoms. The predicted octanol–water partition coefficient (Wildman–Crippen LogP) is 20.8. The molecule has 0 aromatic rings. The van der Waals surface area contributed by atoms with E-state index in [1.807, 2.05) is 0 Å². The molecule has 0 bridgehead atoms. The van der Waals surface area contributed by atoms with Crippen LogP contribution in [0.5, 0.6) is 0 Å². The van der Waals surface area contributed by atoms with Crippen LogP contribution in [-0.4, -0.2) is 37.2 Å². The molecule has 0 amide bonds. The first-order valence-corrected chi connectivity index (χ1v) is 30.8. The summed E-state index contributed by atoms with van der Waals surface area (Å²) in [6.07, 6.45) is 75.0. The summed E-state index contributed by atoms with van der Waals surface area (Å²) in [5.74, 6) is -0.909. The molecule has 0 aliphatic carbocycles. The maximum Gasteiger partial charge on any atom is 0.306 e. The quantitative estimate of drug-likeness (QED) is 0.0261. The number of hydrogen-bond acceptors (Lipinski definition) is 6. The lowest BCUT2D eigenvalue weighted by atomic mass is 10.0. The zero-order valence-corrected chi connectivity index (χ0v) is 47.2. The van der Waals surface area contributed by atoms with Crippen LogP contribution in [0.25, 0.3) is 0 Å². The first-order valence-electron chi connectivity index (χ1n) is 30.8. The van der Waals surface area contributed by atoms with Crippen molar-refractivity contribution in [1.29, 1.82) is 0 Å². The van der Waals surface area contributed by atoms with Crippen LogP contribution < -0.4 is 0 Å². The summed E-state index contributed by atoms with van der Waals surface area (Å²) in [5.41, 5.74) is 0. The summed E-state index contributed by atoms with van der Waals surface area (Å²) in [6.45, 7) is 6.61. The average molecular weight is 994 g/mol. The topological polar surface area (TPSA) is 78.9 Å². The Morgan fingerprint density at radius 1 is 0.282 bits per heavy atom. The van der Waals surface area contributed by atoms with E-state index in [-0.39, 0.29) is 31.1 Å². The third-order valence-corrected chi connectivity index (χ3v) is 13.5. The van der Waals surface area contributed by atoms with Gasteiger partial charge in [-0.2, -0.15) is 0 Å². The number of carbonyl (C=O) groups excluding carboxylic acids is 3. The molecule has 0 aliphatic heterocycles. The van der Waals surface area contributed by atoms with Crippen LogP contribution in [0.1, 0.15) is 316 Å². The van der Waals surface area contributed by atoms with Gasteiger partial charge in [0, 0.05) is 19.3 Å². The standard InChI is InChI=1S/C65H116O6/c1-4-7-10-13-16-19-22-25-28-30-32-34-37-40-43-46-49-52-55-58-64(67)70-61-62(60-69-63(66)57-54-51-48-45-42-39-36-27-24-21-18-15-12-9-6-3)71-65(68)59-56-53-50-47-44-41-38-35-33-31-29-26-23-20-17-14-11-8-5-2/h16,19,25,27-28,32,34,36,40,43,62H,4-15,17-18,20-24,26,29-31,33,35,37-39,41-42,44-61H2,1-3H3/b19-16-,28-25-,34-32-,36-27-,43-40-/t62-/m0/s1. The normalized spacial score (nSPS) is 12.4. The second kappa shape index (κ2) is 59.7. The van der Waals surface area contributed by atoms with Crippen molar-refractivity contribution in [3.05, 3.63) is 60.8 Å². The minimum atomic E-state index is -0.790. The van der Waals surface area contributed by atoms with Gasteiger partial charge in [0.15, 0.2) is 6.10 Å². The van der Waals surface area contributed by atoms with Crippen LogP contribution in [0.4, 0.5) is 0 Å². The maximum atomic E-state index is 12.9. The maximum absolute atomic E-state index is 12.9. The molecule has 0 unspecified atom stereocenters. The van der Waals surface area contributed by atoms with Gasteiger partial charge < -0.3 is 14.2 Å². The van der Waals surface area contributed by atoms with Gasteiger partial charge in [-0.1, -0.05) is 268 Å². The van der Waals surface area contributed by atoms with E-state index in [1.165, 1.54) is 186 Å². The Labute approximate surface area is 440 Å². The minimum absolute atomic E-state index is 0.0861. The second-order valence-corrected chi connectivity index (χ2v) is 20.6. The molecule has 0 N–H and O–H groups in total. The number of allylic oxidation sites excluding steroid dienone is 10. The van der Waals surface area contributed by atoms with Crippen molar-refractivity contribution < 1.29 is 28.6 Å². The van der Waals surface area contributed by atoms with E-state index in [9.17, 15) is 14.4 Å². The minimum Gasteiger partial charge on any atom is -0.462 e. The number of hydrogen-bond donors (Lipinski definition) is 0. The van der Waals surface area contributed by atoms with Crippen molar-refractivity contribution in [1.82, 2.24) is 0 Å². The van der Waals surface area contributed by atoms with E-state index >= 15 is 0 Å².